The molecule has 1 atom stereocenters. The fourth-order valence-corrected chi connectivity index (χ4v) is 2.52. The Morgan fingerprint density at radius 1 is 1.50 bits per heavy atom. The van der Waals surface area contributed by atoms with Crippen molar-refractivity contribution in [1.29, 1.82) is 0 Å². The number of rotatable bonds is 4. The quantitative estimate of drug-likeness (QED) is 0.884. The summed E-state index contributed by atoms with van der Waals surface area (Å²) in [6.45, 7) is 5.98. The molecule has 1 aromatic heterocycles. The number of piperidine rings is 1. The molecule has 2 N–H and O–H groups in total. The lowest BCUT2D eigenvalue weighted by atomic mass is 9.74. The number of carbonyl (C=O) groups is 1. The molecule has 0 saturated carbocycles. The van der Waals surface area contributed by atoms with Crippen LogP contribution in [0.25, 0.3) is 0 Å². The first kappa shape index (κ1) is 14.8. The molecule has 1 aliphatic heterocycles. The molecule has 0 spiro atoms. The first-order chi connectivity index (χ1) is 9.54. The summed E-state index contributed by atoms with van der Waals surface area (Å²) in [4.78, 5) is 16.6. The molecule has 20 heavy (non-hydrogen) atoms. The van der Waals surface area contributed by atoms with Gasteiger partial charge in [-0.25, -0.2) is 4.98 Å². The summed E-state index contributed by atoms with van der Waals surface area (Å²) in [7, 11) is 1.57. The summed E-state index contributed by atoms with van der Waals surface area (Å²) in [5.74, 6) is 0.944. The molecule has 5 nitrogen and oxygen atoms in total. The fraction of sp³-hybridized carbons (Fsp3) is 0.600. The van der Waals surface area contributed by atoms with Gasteiger partial charge in [0.2, 0.25) is 11.8 Å². The Bertz CT molecular complexity index is 451. The molecular weight excluding hydrogens is 254 g/mol. The summed E-state index contributed by atoms with van der Waals surface area (Å²) in [5.41, 5.74) is 0.306. The van der Waals surface area contributed by atoms with Gasteiger partial charge >= 0.3 is 0 Å². The van der Waals surface area contributed by atoms with Gasteiger partial charge in [-0.1, -0.05) is 13.8 Å². The molecular formula is C15H23N3O2. The van der Waals surface area contributed by atoms with E-state index in [1.165, 1.54) is 0 Å². The zero-order valence-corrected chi connectivity index (χ0v) is 12.4. The number of methoxy groups -OCH3 is 1. The number of hydrogen-bond donors (Lipinski definition) is 2. The van der Waals surface area contributed by atoms with Gasteiger partial charge in [0.15, 0.2) is 0 Å². The molecule has 0 aliphatic carbocycles. The van der Waals surface area contributed by atoms with Crippen LogP contribution in [-0.4, -0.2) is 31.1 Å². The van der Waals surface area contributed by atoms with Crippen molar-refractivity contribution in [3.05, 3.63) is 18.3 Å². The number of anilines is 1. The van der Waals surface area contributed by atoms with E-state index in [9.17, 15) is 4.79 Å². The summed E-state index contributed by atoms with van der Waals surface area (Å²) in [6.07, 6.45) is 3.84. The van der Waals surface area contributed by atoms with Crippen molar-refractivity contribution in [3.63, 3.8) is 0 Å². The maximum atomic E-state index is 12.5. The van der Waals surface area contributed by atoms with E-state index in [1.807, 2.05) is 13.8 Å². The van der Waals surface area contributed by atoms with Gasteiger partial charge in [-0.3, -0.25) is 4.79 Å². The Hall–Kier alpha value is -1.62. The zero-order valence-electron chi connectivity index (χ0n) is 12.4. The van der Waals surface area contributed by atoms with Gasteiger partial charge in [-0.05, 0) is 37.9 Å². The first-order valence-electron chi connectivity index (χ1n) is 7.06. The van der Waals surface area contributed by atoms with Gasteiger partial charge in [0, 0.05) is 11.5 Å². The Kier molecular flexibility index (Phi) is 4.60. The van der Waals surface area contributed by atoms with Crippen LogP contribution >= 0.6 is 0 Å². The average Bonchev–Trinajstić information content (AvgIpc) is 2.49. The molecule has 1 aliphatic rings. The van der Waals surface area contributed by atoms with Gasteiger partial charge in [-0.15, -0.1) is 0 Å². The van der Waals surface area contributed by atoms with Crippen LogP contribution in [0.15, 0.2) is 18.3 Å². The standard InChI is InChI=1S/C15H23N3O2/c1-15(2,11-5-4-8-16-9-11)14(19)18-12-6-7-13(20-3)17-10-12/h6-7,10-11,16H,4-5,8-9H2,1-3H3,(H,18,19). The van der Waals surface area contributed by atoms with E-state index in [-0.39, 0.29) is 5.91 Å². The minimum absolute atomic E-state index is 0.0400. The minimum Gasteiger partial charge on any atom is -0.481 e. The molecule has 1 aromatic rings. The van der Waals surface area contributed by atoms with Gasteiger partial charge in [-0.2, -0.15) is 0 Å². The van der Waals surface area contributed by atoms with Gasteiger partial charge < -0.3 is 15.4 Å². The second-order valence-electron chi connectivity index (χ2n) is 5.81. The van der Waals surface area contributed by atoms with Crippen LogP contribution in [0.3, 0.4) is 0 Å². The van der Waals surface area contributed by atoms with Gasteiger partial charge in [0.05, 0.1) is 19.0 Å². The van der Waals surface area contributed by atoms with Crippen LogP contribution < -0.4 is 15.4 Å². The topological polar surface area (TPSA) is 63.2 Å². The van der Waals surface area contributed by atoms with Crippen LogP contribution in [0.4, 0.5) is 5.69 Å². The summed E-state index contributed by atoms with van der Waals surface area (Å²) in [6, 6.07) is 3.55. The second kappa shape index (κ2) is 6.22. The lowest BCUT2D eigenvalue weighted by Crippen LogP contribution is -2.44. The minimum atomic E-state index is -0.395. The largest absolute Gasteiger partial charge is 0.481 e. The maximum Gasteiger partial charge on any atom is 0.230 e. The number of pyridine rings is 1. The molecule has 0 bridgehead atoms. The average molecular weight is 277 g/mol. The first-order valence-corrected chi connectivity index (χ1v) is 7.06. The van der Waals surface area contributed by atoms with Crippen molar-refractivity contribution >= 4 is 11.6 Å². The monoisotopic (exact) mass is 277 g/mol. The molecule has 110 valence electrons. The van der Waals surface area contributed by atoms with Crippen LogP contribution in [-0.2, 0) is 4.79 Å². The highest BCUT2D eigenvalue weighted by Gasteiger charge is 2.37. The van der Waals surface area contributed by atoms with Crippen molar-refractivity contribution in [1.82, 2.24) is 10.3 Å². The summed E-state index contributed by atoms with van der Waals surface area (Å²) in [5, 5.41) is 6.31. The van der Waals surface area contributed by atoms with Crippen molar-refractivity contribution in [3.8, 4) is 5.88 Å². The Morgan fingerprint density at radius 2 is 2.30 bits per heavy atom. The summed E-state index contributed by atoms with van der Waals surface area (Å²) >= 11 is 0. The van der Waals surface area contributed by atoms with E-state index < -0.39 is 5.41 Å². The third-order valence-electron chi connectivity index (χ3n) is 4.11. The normalized spacial score (nSPS) is 19.4. The van der Waals surface area contributed by atoms with Crippen LogP contribution in [0, 0.1) is 11.3 Å². The second-order valence-corrected chi connectivity index (χ2v) is 5.81. The molecule has 1 fully saturated rings. The predicted octanol–water partition coefficient (Wildman–Crippen LogP) is 2.05. The van der Waals surface area contributed by atoms with Crippen LogP contribution in [0.1, 0.15) is 26.7 Å². The van der Waals surface area contributed by atoms with Crippen molar-refractivity contribution in [2.75, 3.05) is 25.5 Å². The number of carbonyl (C=O) groups excluding carboxylic acids is 1. The Morgan fingerprint density at radius 3 is 2.85 bits per heavy atom. The molecule has 2 rings (SSSR count). The van der Waals surface area contributed by atoms with E-state index in [4.69, 9.17) is 4.74 Å². The molecule has 0 radical (unpaired) electrons. The number of ether oxygens (including phenoxy) is 1. The van der Waals surface area contributed by atoms with Crippen molar-refractivity contribution < 1.29 is 9.53 Å². The number of nitrogens with one attached hydrogen (secondary N) is 2. The smallest absolute Gasteiger partial charge is 0.230 e. The highest BCUT2D eigenvalue weighted by Crippen LogP contribution is 2.33. The van der Waals surface area contributed by atoms with Crippen molar-refractivity contribution in [2.24, 2.45) is 11.3 Å². The fourth-order valence-electron chi connectivity index (χ4n) is 2.52. The molecule has 2 heterocycles. The predicted molar refractivity (Wildman–Crippen MR) is 78.8 cm³/mol. The highest BCUT2D eigenvalue weighted by atomic mass is 16.5. The lowest BCUT2D eigenvalue weighted by molar-refractivity contribution is -0.127. The van der Waals surface area contributed by atoms with E-state index in [2.05, 4.69) is 15.6 Å². The number of amides is 1. The van der Waals surface area contributed by atoms with Gasteiger partial charge in [0.1, 0.15) is 0 Å². The lowest BCUT2D eigenvalue weighted by Gasteiger charge is -2.36. The number of hydrogen-bond acceptors (Lipinski definition) is 4. The van der Waals surface area contributed by atoms with Gasteiger partial charge in [0.25, 0.3) is 0 Å². The highest BCUT2D eigenvalue weighted by molar-refractivity contribution is 5.94. The van der Waals surface area contributed by atoms with Crippen LogP contribution in [0.2, 0.25) is 0 Å². The van der Waals surface area contributed by atoms with Crippen LogP contribution in [0.5, 0.6) is 5.88 Å². The number of aromatic nitrogens is 1. The Balaban J connectivity index is 2.01. The Labute approximate surface area is 120 Å². The maximum absolute atomic E-state index is 12.5. The van der Waals surface area contributed by atoms with E-state index in [1.54, 1.807) is 25.4 Å². The van der Waals surface area contributed by atoms with E-state index in [0.717, 1.165) is 25.9 Å². The third kappa shape index (κ3) is 3.28. The molecule has 1 saturated heterocycles. The van der Waals surface area contributed by atoms with Crippen molar-refractivity contribution in [2.45, 2.75) is 26.7 Å². The SMILES string of the molecule is COc1ccc(NC(=O)C(C)(C)C2CCCNC2)cn1. The molecule has 1 amide bonds. The molecule has 5 heteroatoms. The number of nitrogens with zero attached hydrogens (tertiary/aromatic N) is 1. The molecule has 0 aromatic carbocycles. The van der Waals surface area contributed by atoms with E-state index >= 15 is 0 Å². The third-order valence-corrected chi connectivity index (χ3v) is 4.11. The summed E-state index contributed by atoms with van der Waals surface area (Å²) < 4.78 is 5.00. The zero-order chi connectivity index (χ0) is 14.6. The molecule has 1 unspecified atom stereocenters. The van der Waals surface area contributed by atoms with E-state index in [0.29, 0.717) is 17.5 Å².